The molecule has 1 saturated heterocycles. The SMILES string of the molecule is CN1CCN(C(=O)OC(C)(C)C)C(c2ccccc2)C1=O. The summed E-state index contributed by atoms with van der Waals surface area (Å²) >= 11 is 0. The lowest BCUT2D eigenvalue weighted by Crippen LogP contribution is -2.53. The Morgan fingerprint density at radius 3 is 2.38 bits per heavy atom. The van der Waals surface area contributed by atoms with Crippen LogP contribution in [-0.2, 0) is 9.53 Å². The Labute approximate surface area is 125 Å². The van der Waals surface area contributed by atoms with E-state index in [4.69, 9.17) is 4.74 Å². The smallest absolute Gasteiger partial charge is 0.411 e. The van der Waals surface area contributed by atoms with E-state index in [2.05, 4.69) is 0 Å². The summed E-state index contributed by atoms with van der Waals surface area (Å²) < 4.78 is 5.43. The van der Waals surface area contributed by atoms with Gasteiger partial charge in [0.05, 0.1) is 0 Å². The van der Waals surface area contributed by atoms with Crippen LogP contribution in [0.25, 0.3) is 0 Å². The molecule has 1 aromatic rings. The summed E-state index contributed by atoms with van der Waals surface area (Å²) in [5.74, 6) is -0.0849. The lowest BCUT2D eigenvalue weighted by atomic mass is 10.0. The Bertz CT molecular complexity index is 522. The molecule has 1 aliphatic heterocycles. The van der Waals surface area contributed by atoms with E-state index in [1.165, 1.54) is 4.90 Å². The standard InChI is InChI=1S/C16H22N2O3/c1-16(2,3)21-15(20)18-11-10-17(4)14(19)13(18)12-8-6-5-7-9-12/h5-9,13H,10-11H2,1-4H3. The van der Waals surface area contributed by atoms with Crippen LogP contribution in [0.3, 0.4) is 0 Å². The first kappa shape index (κ1) is 15.4. The lowest BCUT2D eigenvalue weighted by Gasteiger charge is -2.39. The Balaban J connectivity index is 2.30. The molecule has 5 nitrogen and oxygen atoms in total. The van der Waals surface area contributed by atoms with Gasteiger partial charge in [-0.25, -0.2) is 4.79 Å². The molecule has 21 heavy (non-hydrogen) atoms. The van der Waals surface area contributed by atoms with Gasteiger partial charge in [-0.1, -0.05) is 30.3 Å². The van der Waals surface area contributed by atoms with Crippen molar-refractivity contribution in [3.8, 4) is 0 Å². The Morgan fingerprint density at radius 1 is 1.19 bits per heavy atom. The molecule has 0 N–H and O–H groups in total. The lowest BCUT2D eigenvalue weighted by molar-refractivity contribution is -0.140. The Kier molecular flexibility index (Phi) is 4.21. The van der Waals surface area contributed by atoms with Crippen molar-refractivity contribution < 1.29 is 14.3 Å². The third-order valence-electron chi connectivity index (χ3n) is 3.34. The third kappa shape index (κ3) is 3.54. The van der Waals surface area contributed by atoms with E-state index >= 15 is 0 Å². The summed E-state index contributed by atoms with van der Waals surface area (Å²) in [4.78, 5) is 28.0. The molecule has 1 fully saturated rings. The molecular formula is C16H22N2O3. The molecule has 1 aromatic carbocycles. The van der Waals surface area contributed by atoms with Gasteiger partial charge in [-0.3, -0.25) is 9.69 Å². The molecule has 1 atom stereocenters. The van der Waals surface area contributed by atoms with Crippen LogP contribution in [0.2, 0.25) is 0 Å². The summed E-state index contributed by atoms with van der Waals surface area (Å²) in [5.41, 5.74) is 0.227. The van der Waals surface area contributed by atoms with Gasteiger partial charge in [-0.15, -0.1) is 0 Å². The highest BCUT2D eigenvalue weighted by molar-refractivity contribution is 5.88. The quantitative estimate of drug-likeness (QED) is 0.798. The van der Waals surface area contributed by atoms with Gasteiger partial charge in [0.15, 0.2) is 0 Å². The summed E-state index contributed by atoms with van der Waals surface area (Å²) in [5, 5.41) is 0. The number of hydrogen-bond acceptors (Lipinski definition) is 3. The van der Waals surface area contributed by atoms with Crippen LogP contribution < -0.4 is 0 Å². The van der Waals surface area contributed by atoms with Gasteiger partial charge in [0.1, 0.15) is 11.6 Å². The van der Waals surface area contributed by atoms with E-state index < -0.39 is 17.7 Å². The van der Waals surface area contributed by atoms with Gasteiger partial charge in [0, 0.05) is 20.1 Å². The molecule has 0 radical (unpaired) electrons. The van der Waals surface area contributed by atoms with Crippen molar-refractivity contribution in [2.75, 3.05) is 20.1 Å². The van der Waals surface area contributed by atoms with Gasteiger partial charge >= 0.3 is 6.09 Å². The summed E-state index contributed by atoms with van der Waals surface area (Å²) in [7, 11) is 1.75. The predicted octanol–water partition coefficient (Wildman–Crippen LogP) is 2.44. The molecule has 0 aliphatic carbocycles. The Hall–Kier alpha value is -2.04. The molecule has 2 rings (SSSR count). The second kappa shape index (κ2) is 5.76. The normalized spacial score (nSPS) is 19.6. The zero-order valence-electron chi connectivity index (χ0n) is 13.0. The largest absolute Gasteiger partial charge is 0.444 e. The first-order chi connectivity index (χ1) is 9.79. The molecule has 1 aliphatic rings. The highest BCUT2D eigenvalue weighted by Crippen LogP contribution is 2.27. The van der Waals surface area contributed by atoms with Crippen molar-refractivity contribution in [2.45, 2.75) is 32.4 Å². The van der Waals surface area contributed by atoms with Crippen molar-refractivity contribution in [1.82, 2.24) is 9.80 Å². The van der Waals surface area contributed by atoms with E-state index in [0.717, 1.165) is 5.56 Å². The first-order valence-electron chi connectivity index (χ1n) is 7.09. The minimum absolute atomic E-state index is 0.0849. The molecular weight excluding hydrogens is 268 g/mol. The molecule has 1 unspecified atom stereocenters. The molecule has 2 amide bonds. The van der Waals surface area contributed by atoms with Crippen LogP contribution in [0.5, 0.6) is 0 Å². The first-order valence-corrected chi connectivity index (χ1v) is 7.09. The average Bonchev–Trinajstić information content (AvgIpc) is 2.40. The molecule has 0 bridgehead atoms. The fourth-order valence-electron chi connectivity index (χ4n) is 2.31. The maximum absolute atomic E-state index is 12.5. The van der Waals surface area contributed by atoms with Gasteiger partial charge in [0.2, 0.25) is 5.91 Å². The fraction of sp³-hybridized carbons (Fsp3) is 0.500. The van der Waals surface area contributed by atoms with Crippen molar-refractivity contribution in [3.63, 3.8) is 0 Å². The highest BCUT2D eigenvalue weighted by atomic mass is 16.6. The van der Waals surface area contributed by atoms with Crippen molar-refractivity contribution in [3.05, 3.63) is 35.9 Å². The molecule has 1 heterocycles. The van der Waals surface area contributed by atoms with E-state index in [-0.39, 0.29) is 5.91 Å². The van der Waals surface area contributed by atoms with E-state index in [1.807, 2.05) is 51.1 Å². The number of nitrogens with zero attached hydrogens (tertiary/aromatic N) is 2. The monoisotopic (exact) mass is 290 g/mol. The zero-order valence-corrected chi connectivity index (χ0v) is 13.0. The van der Waals surface area contributed by atoms with E-state index in [1.54, 1.807) is 11.9 Å². The number of hydrogen-bond donors (Lipinski definition) is 0. The van der Waals surface area contributed by atoms with Crippen LogP contribution >= 0.6 is 0 Å². The van der Waals surface area contributed by atoms with Crippen LogP contribution in [-0.4, -0.2) is 47.5 Å². The van der Waals surface area contributed by atoms with E-state index in [0.29, 0.717) is 13.1 Å². The maximum Gasteiger partial charge on any atom is 0.411 e. The molecule has 0 saturated carbocycles. The second-order valence-electron chi connectivity index (χ2n) is 6.25. The maximum atomic E-state index is 12.5. The Morgan fingerprint density at radius 2 is 1.81 bits per heavy atom. The predicted molar refractivity (Wildman–Crippen MR) is 79.8 cm³/mol. The second-order valence-corrected chi connectivity index (χ2v) is 6.25. The number of benzene rings is 1. The van der Waals surface area contributed by atoms with Gasteiger partial charge in [-0.2, -0.15) is 0 Å². The van der Waals surface area contributed by atoms with Gasteiger partial charge in [-0.05, 0) is 26.3 Å². The van der Waals surface area contributed by atoms with Crippen molar-refractivity contribution in [1.29, 1.82) is 0 Å². The topological polar surface area (TPSA) is 49.9 Å². The molecule has 0 aromatic heterocycles. The van der Waals surface area contributed by atoms with Crippen LogP contribution in [0.4, 0.5) is 4.79 Å². The van der Waals surface area contributed by atoms with Crippen LogP contribution in [0.15, 0.2) is 30.3 Å². The summed E-state index contributed by atoms with van der Waals surface area (Å²) in [6.07, 6.45) is -0.446. The molecule has 0 spiro atoms. The molecule has 5 heteroatoms. The average molecular weight is 290 g/mol. The number of ether oxygens (including phenoxy) is 1. The zero-order chi connectivity index (χ0) is 15.6. The highest BCUT2D eigenvalue weighted by Gasteiger charge is 2.38. The number of carbonyl (C=O) groups excluding carboxylic acids is 2. The number of amides is 2. The summed E-state index contributed by atoms with van der Waals surface area (Å²) in [6.45, 7) is 6.44. The number of carbonyl (C=O) groups is 2. The minimum Gasteiger partial charge on any atom is -0.444 e. The summed E-state index contributed by atoms with van der Waals surface area (Å²) in [6, 6.07) is 8.73. The van der Waals surface area contributed by atoms with Crippen molar-refractivity contribution in [2.24, 2.45) is 0 Å². The fourth-order valence-corrected chi connectivity index (χ4v) is 2.31. The number of likely N-dealkylation sites (N-methyl/N-ethyl adjacent to an activating group) is 1. The number of piperazine rings is 1. The van der Waals surface area contributed by atoms with Crippen LogP contribution in [0.1, 0.15) is 32.4 Å². The van der Waals surface area contributed by atoms with Crippen LogP contribution in [0, 0.1) is 0 Å². The number of rotatable bonds is 1. The molecule has 114 valence electrons. The van der Waals surface area contributed by atoms with Gasteiger partial charge in [0.25, 0.3) is 0 Å². The van der Waals surface area contributed by atoms with E-state index in [9.17, 15) is 9.59 Å². The third-order valence-corrected chi connectivity index (χ3v) is 3.34. The minimum atomic E-state index is -0.611. The van der Waals surface area contributed by atoms with Gasteiger partial charge < -0.3 is 9.64 Å². The van der Waals surface area contributed by atoms with Crippen molar-refractivity contribution >= 4 is 12.0 Å².